The van der Waals surface area contributed by atoms with Crippen LogP contribution in [0.3, 0.4) is 0 Å². The third-order valence-electron chi connectivity index (χ3n) is 3.93. The van der Waals surface area contributed by atoms with E-state index in [4.69, 9.17) is 33.3 Å². The molecular formula is C21H23ClN4O2S. The van der Waals surface area contributed by atoms with Crippen molar-refractivity contribution in [1.29, 1.82) is 0 Å². The molecule has 0 aliphatic heterocycles. The average molecular weight is 431 g/mol. The van der Waals surface area contributed by atoms with E-state index >= 15 is 0 Å². The topological polar surface area (TPSA) is 64.4 Å². The highest BCUT2D eigenvalue weighted by atomic mass is 35.5. The van der Waals surface area contributed by atoms with Crippen LogP contribution in [0.4, 0.5) is 0 Å². The molecule has 0 unspecified atom stereocenters. The Bertz CT molecular complexity index is 1040. The molecule has 8 heteroatoms. The lowest BCUT2D eigenvalue weighted by atomic mass is 10.1. The molecule has 0 bridgehead atoms. The van der Waals surface area contributed by atoms with Crippen LogP contribution in [0.15, 0.2) is 47.6 Å². The van der Waals surface area contributed by atoms with Crippen LogP contribution >= 0.6 is 23.8 Å². The molecule has 1 N–H and O–H groups in total. The summed E-state index contributed by atoms with van der Waals surface area (Å²) in [6.45, 7) is 6.29. The highest BCUT2D eigenvalue weighted by molar-refractivity contribution is 7.71. The van der Waals surface area contributed by atoms with Gasteiger partial charge in [-0.25, -0.2) is 0 Å². The lowest BCUT2D eigenvalue weighted by Crippen LogP contribution is -2.08. The normalized spacial score (nSPS) is 11.3. The third-order valence-corrected chi connectivity index (χ3v) is 4.48. The smallest absolute Gasteiger partial charge is 0.216 e. The van der Waals surface area contributed by atoms with Gasteiger partial charge in [0.15, 0.2) is 17.3 Å². The van der Waals surface area contributed by atoms with Crippen molar-refractivity contribution < 1.29 is 9.47 Å². The first-order valence-electron chi connectivity index (χ1n) is 9.35. The average Bonchev–Trinajstić information content (AvgIpc) is 3.03. The first-order chi connectivity index (χ1) is 14.0. The second kappa shape index (κ2) is 9.71. The molecule has 0 fully saturated rings. The van der Waals surface area contributed by atoms with E-state index in [0.29, 0.717) is 40.1 Å². The number of ether oxygens (including phenoxy) is 2. The molecule has 0 atom stereocenters. The molecule has 0 radical (unpaired) electrons. The standard InChI is InChI=1S/C21H23ClN4O2S/c1-4-27-18-11-16(10-17(22)20(18)28-14(2)3)13-23-26-19(24-25-21(26)29)12-15-8-6-5-7-9-15/h5-11,13-14H,4,12H2,1-3H3,(H,25,29)/b23-13-. The molecular weight excluding hydrogens is 408 g/mol. The van der Waals surface area contributed by atoms with Crippen molar-refractivity contribution >= 4 is 30.0 Å². The second-order valence-corrected chi connectivity index (χ2v) is 7.39. The van der Waals surface area contributed by atoms with Gasteiger partial charge in [-0.15, -0.1) is 0 Å². The maximum absolute atomic E-state index is 6.43. The van der Waals surface area contributed by atoms with Crippen molar-refractivity contribution in [1.82, 2.24) is 14.9 Å². The maximum Gasteiger partial charge on any atom is 0.216 e. The van der Waals surface area contributed by atoms with Crippen LogP contribution in [0.5, 0.6) is 11.5 Å². The van der Waals surface area contributed by atoms with Gasteiger partial charge in [0.1, 0.15) is 0 Å². The van der Waals surface area contributed by atoms with Crippen LogP contribution in [0, 0.1) is 4.77 Å². The van der Waals surface area contributed by atoms with Gasteiger partial charge in [-0.3, -0.25) is 5.10 Å². The van der Waals surface area contributed by atoms with E-state index in [2.05, 4.69) is 15.3 Å². The van der Waals surface area contributed by atoms with Crippen molar-refractivity contribution in [3.8, 4) is 11.5 Å². The van der Waals surface area contributed by atoms with Gasteiger partial charge < -0.3 is 9.47 Å². The minimum atomic E-state index is -0.0176. The van der Waals surface area contributed by atoms with Crippen LogP contribution in [0.25, 0.3) is 0 Å². The second-order valence-electron chi connectivity index (χ2n) is 6.59. The molecule has 0 spiro atoms. The molecule has 2 aromatic carbocycles. The fourth-order valence-corrected chi connectivity index (χ4v) is 3.20. The summed E-state index contributed by atoms with van der Waals surface area (Å²) < 4.78 is 13.5. The molecule has 0 aliphatic carbocycles. The summed E-state index contributed by atoms with van der Waals surface area (Å²) in [7, 11) is 0. The number of rotatable bonds is 8. The number of hydrogen-bond donors (Lipinski definition) is 1. The van der Waals surface area contributed by atoms with E-state index in [1.165, 1.54) is 0 Å². The predicted molar refractivity (Wildman–Crippen MR) is 118 cm³/mol. The summed E-state index contributed by atoms with van der Waals surface area (Å²) in [5.41, 5.74) is 1.89. The first-order valence-corrected chi connectivity index (χ1v) is 10.1. The molecule has 0 saturated carbocycles. The summed E-state index contributed by atoms with van der Waals surface area (Å²) in [5.74, 6) is 1.83. The Morgan fingerprint density at radius 2 is 2.03 bits per heavy atom. The van der Waals surface area contributed by atoms with Crippen molar-refractivity contribution in [2.24, 2.45) is 5.10 Å². The van der Waals surface area contributed by atoms with Gasteiger partial charge in [0.2, 0.25) is 4.77 Å². The van der Waals surface area contributed by atoms with Gasteiger partial charge in [0.25, 0.3) is 0 Å². The van der Waals surface area contributed by atoms with Crippen LogP contribution < -0.4 is 9.47 Å². The van der Waals surface area contributed by atoms with E-state index in [0.717, 1.165) is 11.1 Å². The predicted octanol–water partition coefficient (Wildman–Crippen LogP) is 5.25. The number of hydrogen-bond acceptors (Lipinski definition) is 5. The molecule has 1 heterocycles. The van der Waals surface area contributed by atoms with Gasteiger partial charge in [-0.2, -0.15) is 14.9 Å². The number of aromatic nitrogens is 3. The number of nitrogens with zero attached hydrogens (tertiary/aromatic N) is 3. The Balaban J connectivity index is 1.90. The SMILES string of the molecule is CCOc1cc(/C=N\n2c(Cc3ccccc3)n[nH]c2=S)cc(Cl)c1OC(C)C. The third kappa shape index (κ3) is 5.46. The lowest BCUT2D eigenvalue weighted by molar-refractivity contribution is 0.224. The fraction of sp³-hybridized carbons (Fsp3) is 0.286. The lowest BCUT2D eigenvalue weighted by Gasteiger charge is -2.16. The minimum absolute atomic E-state index is 0.0176. The van der Waals surface area contributed by atoms with Crippen LogP contribution in [-0.2, 0) is 6.42 Å². The number of nitrogens with one attached hydrogen (secondary N) is 1. The van der Waals surface area contributed by atoms with Crippen LogP contribution in [0.1, 0.15) is 37.7 Å². The quantitative estimate of drug-likeness (QED) is 0.391. The highest BCUT2D eigenvalue weighted by Gasteiger charge is 2.14. The van der Waals surface area contributed by atoms with Crippen molar-refractivity contribution in [3.63, 3.8) is 0 Å². The highest BCUT2D eigenvalue weighted by Crippen LogP contribution is 2.37. The molecule has 0 aliphatic rings. The van der Waals surface area contributed by atoms with Gasteiger partial charge in [0, 0.05) is 6.42 Å². The molecule has 3 aromatic rings. The molecule has 1 aromatic heterocycles. The summed E-state index contributed by atoms with van der Waals surface area (Å²) in [6.07, 6.45) is 2.26. The van der Waals surface area contributed by atoms with Crippen LogP contribution in [0.2, 0.25) is 5.02 Å². The van der Waals surface area contributed by atoms with E-state index in [1.807, 2.05) is 57.2 Å². The van der Waals surface area contributed by atoms with E-state index < -0.39 is 0 Å². The zero-order valence-corrected chi connectivity index (χ0v) is 18.1. The molecule has 6 nitrogen and oxygen atoms in total. The maximum atomic E-state index is 6.43. The monoisotopic (exact) mass is 430 g/mol. The van der Waals surface area contributed by atoms with Crippen molar-refractivity contribution in [2.75, 3.05) is 6.61 Å². The number of halogens is 1. The molecule has 29 heavy (non-hydrogen) atoms. The van der Waals surface area contributed by atoms with Gasteiger partial charge >= 0.3 is 0 Å². The van der Waals surface area contributed by atoms with E-state index in [1.54, 1.807) is 17.0 Å². The molecule has 3 rings (SSSR count). The zero-order valence-electron chi connectivity index (χ0n) is 16.6. The summed E-state index contributed by atoms with van der Waals surface area (Å²) in [4.78, 5) is 0. The number of H-pyrrole nitrogens is 1. The Hall–Kier alpha value is -2.64. The number of benzene rings is 2. The molecule has 152 valence electrons. The molecule has 0 amide bonds. The van der Waals surface area contributed by atoms with Crippen molar-refractivity contribution in [3.05, 3.63) is 69.2 Å². The summed E-state index contributed by atoms with van der Waals surface area (Å²) in [6, 6.07) is 13.7. The van der Waals surface area contributed by atoms with E-state index in [-0.39, 0.29) is 6.10 Å². The van der Waals surface area contributed by atoms with Crippen LogP contribution in [-0.4, -0.2) is 33.8 Å². The summed E-state index contributed by atoms with van der Waals surface area (Å²) >= 11 is 11.8. The van der Waals surface area contributed by atoms with Gasteiger partial charge in [-0.1, -0.05) is 41.9 Å². The Morgan fingerprint density at radius 1 is 1.28 bits per heavy atom. The zero-order chi connectivity index (χ0) is 20.8. The Labute approximate surface area is 180 Å². The summed E-state index contributed by atoms with van der Waals surface area (Å²) in [5, 5.41) is 12.1. The Morgan fingerprint density at radius 3 is 2.72 bits per heavy atom. The molecule has 0 saturated heterocycles. The van der Waals surface area contributed by atoms with Gasteiger partial charge in [-0.05, 0) is 56.2 Å². The van der Waals surface area contributed by atoms with E-state index in [9.17, 15) is 0 Å². The Kier molecular flexibility index (Phi) is 7.06. The van der Waals surface area contributed by atoms with Gasteiger partial charge in [0.05, 0.1) is 23.9 Å². The van der Waals surface area contributed by atoms with Crippen molar-refractivity contribution in [2.45, 2.75) is 33.3 Å². The fourth-order valence-electron chi connectivity index (χ4n) is 2.74. The largest absolute Gasteiger partial charge is 0.490 e. The number of aromatic amines is 1. The minimum Gasteiger partial charge on any atom is -0.490 e. The first kappa shape index (κ1) is 21.1.